The van der Waals surface area contributed by atoms with Crippen molar-refractivity contribution in [1.82, 2.24) is 29.6 Å². The van der Waals surface area contributed by atoms with Gasteiger partial charge in [-0.15, -0.1) is 0 Å². The van der Waals surface area contributed by atoms with Crippen LogP contribution in [-0.4, -0.2) is 87.0 Å². The van der Waals surface area contributed by atoms with E-state index in [0.29, 0.717) is 55.9 Å². The van der Waals surface area contributed by atoms with Gasteiger partial charge in [0.2, 0.25) is 0 Å². The van der Waals surface area contributed by atoms with Crippen LogP contribution in [0.2, 0.25) is 0 Å². The van der Waals surface area contributed by atoms with Gasteiger partial charge in [-0.1, -0.05) is 38.1 Å². The minimum Gasteiger partial charge on any atom is -0.455 e. The van der Waals surface area contributed by atoms with Crippen LogP contribution in [0.5, 0.6) is 11.5 Å². The molecule has 0 radical (unpaired) electrons. The van der Waals surface area contributed by atoms with Crippen molar-refractivity contribution in [3.8, 4) is 11.5 Å². The number of amides is 1. The topological polar surface area (TPSA) is 212 Å². The number of anilines is 2. The molecule has 2 aliphatic heterocycles. The monoisotopic (exact) mass is 947 g/mol. The smallest absolute Gasteiger partial charge is 0.296 e. The molecule has 10 rings (SSSR count). The maximum atomic E-state index is 14.7. The first-order valence-corrected chi connectivity index (χ1v) is 25.3. The molecule has 4 aliphatic rings. The Hall–Kier alpha value is -6.11. The number of H-pyrrole nitrogens is 2. The number of nitro groups is 1. The van der Waals surface area contributed by atoms with E-state index >= 15 is 0 Å². The second kappa shape index (κ2) is 17.8. The van der Waals surface area contributed by atoms with Gasteiger partial charge in [0.05, 0.1) is 39.5 Å². The number of rotatable bonds is 13. The van der Waals surface area contributed by atoms with Crippen molar-refractivity contribution < 1.29 is 32.4 Å². The second-order valence-electron chi connectivity index (χ2n) is 20.1. The number of nitrogens with zero attached hydrogens (tertiary/aromatic N) is 5. The molecule has 3 aromatic heterocycles. The number of fused-ring (bicyclic) bond motifs is 2. The predicted molar refractivity (Wildman–Crippen MR) is 257 cm³/mol. The third kappa shape index (κ3) is 8.77. The van der Waals surface area contributed by atoms with Crippen LogP contribution in [0.15, 0.2) is 78.2 Å². The SMILES string of the molecule is CC(C)c1ccccc1[C@@H]1CCCN1C1CC2(CCN(c3ccc(C(=O)NS(=O)(=O)c4cc([N+](=O)[O-])c(NCC5CCC(C)(O)CC5)c5[nH]cnc45)c(Oc4cnc5[nH]cc(F)c5c4)c3)CC2)C1. The highest BCUT2D eigenvalue weighted by Crippen LogP contribution is 2.54. The Labute approximate surface area is 394 Å². The maximum Gasteiger partial charge on any atom is 0.296 e. The van der Waals surface area contributed by atoms with Gasteiger partial charge in [0.1, 0.15) is 39.1 Å². The lowest BCUT2D eigenvalue weighted by molar-refractivity contribution is -0.384. The summed E-state index contributed by atoms with van der Waals surface area (Å²) in [6, 6.07) is 17.2. The number of nitrogens with one attached hydrogen (secondary N) is 4. The molecule has 18 heteroatoms. The number of ether oxygens (including phenoxy) is 1. The van der Waals surface area contributed by atoms with Crippen molar-refractivity contribution in [2.45, 2.75) is 113 Å². The van der Waals surface area contributed by atoms with Crippen molar-refractivity contribution in [2.75, 3.05) is 36.4 Å². The first-order valence-electron chi connectivity index (χ1n) is 23.8. The zero-order valence-electron chi connectivity index (χ0n) is 38.6. The fourth-order valence-corrected chi connectivity index (χ4v) is 12.6. The molecule has 2 aliphatic carbocycles. The summed E-state index contributed by atoms with van der Waals surface area (Å²) in [4.78, 5) is 44.6. The molecule has 1 spiro atoms. The number of pyridine rings is 1. The fourth-order valence-electron chi connectivity index (χ4n) is 11.4. The quantitative estimate of drug-likeness (QED) is 0.0541. The van der Waals surface area contributed by atoms with Crippen LogP contribution in [0, 0.1) is 27.3 Å². The number of aliphatic hydroxyl groups is 1. The molecule has 16 nitrogen and oxygen atoms in total. The van der Waals surface area contributed by atoms with Gasteiger partial charge in [-0.05, 0) is 124 Å². The normalized spacial score (nSPS) is 22.2. The van der Waals surface area contributed by atoms with Crippen LogP contribution >= 0.6 is 0 Å². The Bertz CT molecular complexity index is 3000. The maximum absolute atomic E-state index is 14.7. The minimum absolute atomic E-state index is 0.0118. The molecular weight excluding hydrogens is 890 g/mol. The number of benzene rings is 3. The summed E-state index contributed by atoms with van der Waals surface area (Å²) in [5.41, 5.74) is 2.91. The molecule has 4 fully saturated rings. The summed E-state index contributed by atoms with van der Waals surface area (Å²) in [6.45, 7) is 9.38. The third-order valence-electron chi connectivity index (χ3n) is 15.3. The summed E-state index contributed by atoms with van der Waals surface area (Å²) in [5.74, 6) is -0.857. The van der Waals surface area contributed by atoms with Gasteiger partial charge in [0.25, 0.3) is 21.6 Å². The van der Waals surface area contributed by atoms with Crippen molar-refractivity contribution in [2.24, 2.45) is 11.3 Å². The number of piperidine rings is 1. The number of carbonyl (C=O) groups is 1. The highest BCUT2D eigenvalue weighted by Gasteiger charge is 2.50. The molecule has 2 saturated heterocycles. The first-order chi connectivity index (χ1) is 32.6. The van der Waals surface area contributed by atoms with Crippen molar-refractivity contribution >= 4 is 55.1 Å². The van der Waals surface area contributed by atoms with Gasteiger partial charge in [-0.3, -0.25) is 19.8 Å². The van der Waals surface area contributed by atoms with Crippen molar-refractivity contribution in [3.63, 3.8) is 0 Å². The van der Waals surface area contributed by atoms with E-state index in [-0.39, 0.29) is 50.5 Å². The number of imidazole rings is 1. The van der Waals surface area contributed by atoms with E-state index in [0.717, 1.165) is 57.1 Å². The number of halogens is 1. The Kier molecular flexibility index (Phi) is 11.9. The zero-order valence-corrected chi connectivity index (χ0v) is 39.4. The molecule has 5 N–H and O–H groups in total. The number of sulfonamides is 1. The predicted octanol–water partition coefficient (Wildman–Crippen LogP) is 9.46. The number of hydrogen-bond acceptors (Lipinski definition) is 12. The van der Waals surface area contributed by atoms with E-state index in [2.05, 4.69) is 77.9 Å². The molecule has 0 bridgehead atoms. The largest absolute Gasteiger partial charge is 0.455 e. The number of hydrogen-bond donors (Lipinski definition) is 5. The molecule has 1 amide bonds. The standard InChI is InChI=1S/C50H58FN9O7S/c1-30(2)35-7-4-5-8-36(35)40-9-6-18-59(40)33-24-50(25-33)16-19-58(20-17-50)32-10-11-37(42(21-32)67-34-22-38-39(51)28-54-47(38)53-27-34)48(61)57-68(65,66)43-23-41(60(63)64)44(46-45(43)55-29-56-46)52-26-31-12-14-49(3,62)15-13-31/h4-5,7-8,10-11,21-23,27-31,33,40,52,62H,6,9,12-20,24-26H2,1-3H3,(H,53,54)(H,55,56)(H,57,61)/t31?,40-,49?/m0/s1. The van der Waals surface area contributed by atoms with Gasteiger partial charge in [0.15, 0.2) is 0 Å². The molecule has 0 unspecified atom stereocenters. The molecule has 2 saturated carbocycles. The van der Waals surface area contributed by atoms with Crippen LogP contribution in [-0.2, 0) is 10.0 Å². The molecule has 6 aromatic rings. The molecule has 3 aromatic carbocycles. The molecule has 5 heterocycles. The molecular formula is C50H58FN9O7S. The van der Waals surface area contributed by atoms with E-state index in [4.69, 9.17) is 4.74 Å². The summed E-state index contributed by atoms with van der Waals surface area (Å²) >= 11 is 0. The van der Waals surface area contributed by atoms with E-state index in [1.165, 1.54) is 54.8 Å². The summed E-state index contributed by atoms with van der Waals surface area (Å²) < 4.78 is 51.5. The van der Waals surface area contributed by atoms with Gasteiger partial charge >= 0.3 is 0 Å². The zero-order chi connectivity index (χ0) is 47.5. The summed E-state index contributed by atoms with van der Waals surface area (Å²) in [7, 11) is -4.80. The molecule has 1 atom stereocenters. The van der Waals surface area contributed by atoms with Crippen LogP contribution in [0.25, 0.3) is 22.1 Å². The number of aromatic amines is 2. The average molecular weight is 948 g/mol. The van der Waals surface area contributed by atoms with Gasteiger partial charge in [0, 0.05) is 55.7 Å². The lowest BCUT2D eigenvalue weighted by Crippen LogP contribution is -2.54. The van der Waals surface area contributed by atoms with E-state index < -0.39 is 42.9 Å². The average Bonchev–Trinajstić information content (AvgIpc) is 4.08. The second-order valence-corrected chi connectivity index (χ2v) is 21.8. The Morgan fingerprint density at radius 3 is 2.54 bits per heavy atom. The number of likely N-dealkylation sites (tertiary alicyclic amines) is 1. The van der Waals surface area contributed by atoms with E-state index in [1.807, 2.05) is 0 Å². The highest BCUT2D eigenvalue weighted by atomic mass is 32.2. The number of aromatic nitrogens is 4. The molecule has 68 heavy (non-hydrogen) atoms. The fraction of sp³-hybridized carbons (Fsp3) is 0.460. The minimum atomic E-state index is -4.80. The van der Waals surface area contributed by atoms with Crippen LogP contribution in [0.1, 0.15) is 118 Å². The van der Waals surface area contributed by atoms with Crippen LogP contribution < -0.4 is 19.7 Å². The van der Waals surface area contributed by atoms with Crippen LogP contribution in [0.4, 0.5) is 21.5 Å². The van der Waals surface area contributed by atoms with Gasteiger partial charge in [-0.25, -0.2) is 27.5 Å². The van der Waals surface area contributed by atoms with Crippen LogP contribution in [0.3, 0.4) is 0 Å². The lowest BCUT2D eigenvalue weighted by Gasteiger charge is -2.56. The van der Waals surface area contributed by atoms with Crippen molar-refractivity contribution in [1.29, 1.82) is 0 Å². The summed E-state index contributed by atoms with van der Waals surface area (Å²) in [5, 5.41) is 26.2. The lowest BCUT2D eigenvalue weighted by atomic mass is 9.59. The van der Waals surface area contributed by atoms with Crippen molar-refractivity contribution in [3.05, 3.63) is 106 Å². The number of carbonyl (C=O) groups excluding carboxylic acids is 1. The Balaban J connectivity index is 0.879. The van der Waals surface area contributed by atoms with Gasteiger partial charge in [-0.2, -0.15) is 0 Å². The third-order valence-corrected chi connectivity index (χ3v) is 16.6. The first kappa shape index (κ1) is 45.7. The van der Waals surface area contributed by atoms with E-state index in [9.17, 15) is 32.8 Å². The van der Waals surface area contributed by atoms with E-state index in [1.54, 1.807) is 19.1 Å². The molecule has 358 valence electrons. The highest BCUT2D eigenvalue weighted by molar-refractivity contribution is 7.90. The summed E-state index contributed by atoms with van der Waals surface area (Å²) in [6.07, 6.45) is 13.1. The Morgan fingerprint density at radius 2 is 1.79 bits per heavy atom. The number of nitro benzene ring substituents is 1. The van der Waals surface area contributed by atoms with Gasteiger partial charge < -0.3 is 30.0 Å². The Morgan fingerprint density at radius 1 is 1.03 bits per heavy atom.